The Kier molecular flexibility index (Phi) is 5.54. The van der Waals surface area contributed by atoms with E-state index in [0.717, 1.165) is 6.42 Å². The van der Waals surface area contributed by atoms with Gasteiger partial charge >= 0.3 is 0 Å². The molecule has 0 spiro atoms. The fourth-order valence-corrected chi connectivity index (χ4v) is 7.27. The van der Waals surface area contributed by atoms with Gasteiger partial charge in [0.2, 0.25) is 0 Å². The number of carbonyl (C=O) groups excluding carboxylic acids is 2. The lowest BCUT2D eigenvalue weighted by atomic mass is 9.46. The van der Waals surface area contributed by atoms with Crippen LogP contribution in [0.25, 0.3) is 0 Å². The molecule has 2 fully saturated rings. The van der Waals surface area contributed by atoms with Crippen LogP contribution in [0.4, 0.5) is 0 Å². The quantitative estimate of drug-likeness (QED) is 0.607. The third kappa shape index (κ3) is 3.01. The molecule has 0 aliphatic heterocycles. The summed E-state index contributed by atoms with van der Waals surface area (Å²) >= 11 is 0. The number of carbonyl (C=O) groups is 2. The van der Waals surface area contributed by atoms with Crippen molar-refractivity contribution in [1.29, 1.82) is 0 Å². The zero-order valence-electron chi connectivity index (χ0n) is 20.6. The smallest absolute Gasteiger partial charge is 0.182 e. The van der Waals surface area contributed by atoms with Crippen LogP contribution in [0.1, 0.15) is 80.1 Å². The Labute approximate surface area is 192 Å². The van der Waals surface area contributed by atoms with Crippen molar-refractivity contribution in [1.82, 2.24) is 0 Å². The molecular weight excluding hydrogens is 400 g/mol. The van der Waals surface area contributed by atoms with E-state index >= 15 is 0 Å². The summed E-state index contributed by atoms with van der Waals surface area (Å²) in [5, 5.41) is 24.3. The molecule has 0 saturated heterocycles. The fourth-order valence-electron chi connectivity index (χ4n) is 7.27. The standard InChI is InChI=1S/C28H40O4/c1-17(2)18(3)7-8-19(4)21-10-12-27(31)24-16-23(30)22-15-20(29)9-11-25(22,5)28(24,32)14-13-26(21,27)6/h7-8,15-19,21,31-32H,9-14H2,1-6H3/b8-7+/t18-,19+,21+,25-,26+,27-,28+/m0/s1. The van der Waals surface area contributed by atoms with E-state index in [1.807, 2.05) is 6.92 Å². The zero-order valence-corrected chi connectivity index (χ0v) is 20.6. The Morgan fingerprint density at radius 3 is 2.28 bits per heavy atom. The highest BCUT2D eigenvalue weighted by molar-refractivity contribution is 6.12. The van der Waals surface area contributed by atoms with Crippen LogP contribution in [0.2, 0.25) is 0 Å². The van der Waals surface area contributed by atoms with E-state index in [2.05, 4.69) is 46.8 Å². The van der Waals surface area contributed by atoms with Crippen LogP contribution < -0.4 is 0 Å². The van der Waals surface area contributed by atoms with Crippen LogP contribution in [-0.2, 0) is 9.59 Å². The van der Waals surface area contributed by atoms with Crippen molar-refractivity contribution < 1.29 is 19.8 Å². The van der Waals surface area contributed by atoms with E-state index in [9.17, 15) is 19.8 Å². The Bertz CT molecular complexity index is 926. The van der Waals surface area contributed by atoms with Gasteiger partial charge in [0.25, 0.3) is 0 Å². The van der Waals surface area contributed by atoms with Gasteiger partial charge in [-0.25, -0.2) is 0 Å². The molecule has 4 nitrogen and oxygen atoms in total. The minimum Gasteiger partial charge on any atom is -0.385 e. The van der Waals surface area contributed by atoms with E-state index in [0.29, 0.717) is 61.0 Å². The summed E-state index contributed by atoms with van der Waals surface area (Å²) in [5.41, 5.74) is -2.80. The van der Waals surface area contributed by atoms with Crippen molar-refractivity contribution in [2.24, 2.45) is 34.5 Å². The first kappa shape index (κ1) is 23.6. The molecule has 32 heavy (non-hydrogen) atoms. The van der Waals surface area contributed by atoms with Gasteiger partial charge in [0.1, 0.15) is 0 Å². The monoisotopic (exact) mass is 440 g/mol. The molecule has 2 saturated carbocycles. The van der Waals surface area contributed by atoms with E-state index in [-0.39, 0.29) is 17.5 Å². The summed E-state index contributed by atoms with van der Waals surface area (Å²) in [7, 11) is 0. The van der Waals surface area contributed by atoms with E-state index in [1.165, 1.54) is 12.2 Å². The molecule has 2 N–H and O–H groups in total. The number of aliphatic hydroxyl groups is 2. The minimum atomic E-state index is -1.29. The lowest BCUT2D eigenvalue weighted by molar-refractivity contribution is -0.158. The summed E-state index contributed by atoms with van der Waals surface area (Å²) in [6.07, 6.45) is 10.9. The number of hydrogen-bond acceptors (Lipinski definition) is 4. The second-order valence-electron chi connectivity index (χ2n) is 11.9. The maximum atomic E-state index is 13.1. The highest BCUT2D eigenvalue weighted by Gasteiger charge is 2.70. The summed E-state index contributed by atoms with van der Waals surface area (Å²) in [5.74, 6) is 1.40. The van der Waals surface area contributed by atoms with E-state index in [4.69, 9.17) is 0 Å². The average molecular weight is 441 g/mol. The molecular formula is C28H40O4. The largest absolute Gasteiger partial charge is 0.385 e. The second-order valence-corrected chi connectivity index (χ2v) is 11.9. The highest BCUT2D eigenvalue weighted by Crippen LogP contribution is 2.68. The van der Waals surface area contributed by atoms with Gasteiger partial charge in [0, 0.05) is 22.8 Å². The van der Waals surface area contributed by atoms with Gasteiger partial charge in [0.05, 0.1) is 11.2 Å². The minimum absolute atomic E-state index is 0.0530. The molecule has 0 radical (unpaired) electrons. The molecule has 0 aromatic heterocycles. The Morgan fingerprint density at radius 1 is 0.938 bits per heavy atom. The number of hydrogen-bond donors (Lipinski definition) is 2. The van der Waals surface area contributed by atoms with Crippen molar-refractivity contribution in [3.05, 3.63) is 35.5 Å². The third-order valence-electron chi connectivity index (χ3n) is 10.1. The maximum Gasteiger partial charge on any atom is 0.182 e. The molecule has 0 aromatic rings. The average Bonchev–Trinajstić information content (AvgIpc) is 3.01. The van der Waals surface area contributed by atoms with Crippen LogP contribution in [0.3, 0.4) is 0 Å². The molecule has 0 heterocycles. The summed E-state index contributed by atoms with van der Waals surface area (Å²) in [6, 6.07) is 0. The summed E-state index contributed by atoms with van der Waals surface area (Å²) in [6.45, 7) is 13.0. The normalized spacial score (nSPS) is 43.5. The van der Waals surface area contributed by atoms with Crippen LogP contribution in [-0.4, -0.2) is 33.0 Å². The third-order valence-corrected chi connectivity index (χ3v) is 10.1. The van der Waals surface area contributed by atoms with E-state index in [1.54, 1.807) is 0 Å². The molecule has 4 rings (SSSR count). The SMILES string of the molecule is CC(C)[C@@H](C)/C=C/[C@@H](C)[C@H]1CC[C@]2(O)C3=CC(=O)C4=CC(=O)CC[C@]4(C)[C@@]3(O)CC[C@]12C. The van der Waals surface area contributed by atoms with E-state index < -0.39 is 22.0 Å². The lowest BCUT2D eigenvalue weighted by Crippen LogP contribution is -2.66. The Hall–Kier alpha value is -1.52. The van der Waals surface area contributed by atoms with Crippen LogP contribution in [0.15, 0.2) is 35.5 Å². The molecule has 7 atom stereocenters. The van der Waals surface area contributed by atoms with Crippen molar-refractivity contribution in [2.75, 3.05) is 0 Å². The molecule has 176 valence electrons. The summed E-state index contributed by atoms with van der Waals surface area (Å²) < 4.78 is 0. The fraction of sp³-hybridized carbons (Fsp3) is 0.714. The lowest BCUT2D eigenvalue weighted by Gasteiger charge is -2.61. The van der Waals surface area contributed by atoms with Crippen molar-refractivity contribution in [2.45, 2.75) is 91.3 Å². The number of fused-ring (bicyclic) bond motifs is 5. The van der Waals surface area contributed by atoms with Gasteiger partial charge in [-0.3, -0.25) is 9.59 Å². The molecule has 4 heteroatoms. The summed E-state index contributed by atoms with van der Waals surface area (Å²) in [4.78, 5) is 25.2. The zero-order chi connectivity index (χ0) is 23.7. The second kappa shape index (κ2) is 7.50. The molecule has 4 aliphatic rings. The van der Waals surface area contributed by atoms with Crippen molar-refractivity contribution >= 4 is 11.6 Å². The van der Waals surface area contributed by atoms with Crippen LogP contribution in [0.5, 0.6) is 0 Å². The van der Waals surface area contributed by atoms with Gasteiger partial charge in [-0.1, -0.05) is 53.7 Å². The number of allylic oxidation sites excluding steroid dienone is 4. The molecule has 0 unspecified atom stereocenters. The van der Waals surface area contributed by atoms with Crippen molar-refractivity contribution in [3.63, 3.8) is 0 Å². The van der Waals surface area contributed by atoms with Gasteiger partial charge in [-0.2, -0.15) is 0 Å². The maximum absolute atomic E-state index is 13.1. The molecule has 4 aliphatic carbocycles. The molecule has 0 amide bonds. The topological polar surface area (TPSA) is 74.6 Å². The van der Waals surface area contributed by atoms with Gasteiger partial charge in [-0.05, 0) is 73.5 Å². The Morgan fingerprint density at radius 2 is 1.62 bits per heavy atom. The molecule has 0 bridgehead atoms. The molecule has 0 aromatic carbocycles. The first-order valence-electron chi connectivity index (χ1n) is 12.5. The van der Waals surface area contributed by atoms with Gasteiger partial charge in [0.15, 0.2) is 11.6 Å². The van der Waals surface area contributed by atoms with Crippen LogP contribution >= 0.6 is 0 Å². The number of rotatable bonds is 4. The number of ketones is 2. The first-order valence-corrected chi connectivity index (χ1v) is 12.5. The van der Waals surface area contributed by atoms with Gasteiger partial charge < -0.3 is 10.2 Å². The predicted molar refractivity (Wildman–Crippen MR) is 126 cm³/mol. The highest BCUT2D eigenvalue weighted by atomic mass is 16.3. The van der Waals surface area contributed by atoms with Crippen LogP contribution in [0, 0.1) is 34.5 Å². The van der Waals surface area contributed by atoms with Crippen molar-refractivity contribution in [3.8, 4) is 0 Å². The van der Waals surface area contributed by atoms with Gasteiger partial charge in [-0.15, -0.1) is 0 Å². The first-order chi connectivity index (χ1) is 14.8. The predicted octanol–water partition coefficient (Wildman–Crippen LogP) is 4.95. The Balaban J connectivity index is 1.73.